The van der Waals surface area contributed by atoms with Crippen molar-refractivity contribution in [3.05, 3.63) is 64.7 Å². The number of halogens is 1. The summed E-state index contributed by atoms with van der Waals surface area (Å²) in [5.74, 6) is -1.58. The van der Waals surface area contributed by atoms with Gasteiger partial charge in [-0.1, -0.05) is 40.2 Å². The summed E-state index contributed by atoms with van der Waals surface area (Å²) in [6.45, 7) is 10.4. The van der Waals surface area contributed by atoms with E-state index in [1.165, 1.54) is 18.2 Å². The molecule has 186 valence electrons. The van der Waals surface area contributed by atoms with E-state index >= 15 is 0 Å². The summed E-state index contributed by atoms with van der Waals surface area (Å²) in [4.78, 5) is 23.9. The number of phenols is 1. The molecule has 0 spiro atoms. The van der Waals surface area contributed by atoms with Crippen LogP contribution in [0.3, 0.4) is 0 Å². The zero-order valence-electron chi connectivity index (χ0n) is 20.2. The van der Waals surface area contributed by atoms with Gasteiger partial charge in [-0.05, 0) is 56.8 Å². The molecular formula is C24H35BBrN2O6+. The number of nitrogens with one attached hydrogen (secondary N) is 1. The Kier molecular flexibility index (Phi) is 12.3. The number of aromatic carboxylic acids is 1. The summed E-state index contributed by atoms with van der Waals surface area (Å²) in [7, 11) is -1.90. The van der Waals surface area contributed by atoms with Crippen LogP contribution in [0.25, 0.3) is 0 Å². The van der Waals surface area contributed by atoms with Crippen molar-refractivity contribution >= 4 is 34.9 Å². The number of alkyl halides is 1. The lowest BCUT2D eigenvalue weighted by Crippen LogP contribution is -2.48. The Bertz CT molecular complexity index is 927. The third kappa shape index (κ3) is 7.83. The topological polar surface area (TPSA) is 127 Å². The molecule has 34 heavy (non-hydrogen) atoms. The minimum Gasteiger partial charge on any atom is -0.507 e. The molecule has 0 fully saturated rings. The van der Waals surface area contributed by atoms with Gasteiger partial charge in [0, 0.05) is 11.1 Å². The average Bonchev–Trinajstić information content (AvgIpc) is 2.84. The van der Waals surface area contributed by atoms with Crippen LogP contribution in [0.15, 0.2) is 42.5 Å². The molecule has 0 aliphatic rings. The summed E-state index contributed by atoms with van der Waals surface area (Å²) in [6.07, 6.45) is -0.155. The smallest absolute Gasteiger partial charge is 0.475 e. The maximum atomic E-state index is 12.7. The second kappa shape index (κ2) is 14.1. The van der Waals surface area contributed by atoms with Crippen molar-refractivity contribution in [3.8, 4) is 5.75 Å². The van der Waals surface area contributed by atoms with Gasteiger partial charge >= 0.3 is 13.1 Å². The highest BCUT2D eigenvalue weighted by atomic mass is 79.9. The van der Waals surface area contributed by atoms with Crippen LogP contribution in [0.2, 0.25) is 0 Å². The van der Waals surface area contributed by atoms with Crippen molar-refractivity contribution in [1.82, 2.24) is 5.32 Å². The van der Waals surface area contributed by atoms with Crippen LogP contribution in [-0.4, -0.2) is 75.1 Å². The minimum atomic E-state index is -1.90. The zero-order valence-corrected chi connectivity index (χ0v) is 21.7. The highest BCUT2D eigenvalue weighted by molar-refractivity contribution is 9.08. The molecule has 5 N–H and O–H groups in total. The van der Waals surface area contributed by atoms with Crippen LogP contribution in [-0.2, 0) is 13.0 Å². The number of quaternary nitrogens is 1. The molecule has 2 rings (SSSR count). The molecular weight excluding hydrogens is 503 g/mol. The molecule has 2 aromatic rings. The van der Waals surface area contributed by atoms with E-state index in [-0.39, 0.29) is 17.5 Å². The van der Waals surface area contributed by atoms with Gasteiger partial charge in [0.2, 0.25) is 0 Å². The van der Waals surface area contributed by atoms with E-state index in [0.29, 0.717) is 5.56 Å². The number of amides is 1. The van der Waals surface area contributed by atoms with Crippen LogP contribution in [0.4, 0.5) is 0 Å². The highest BCUT2D eigenvalue weighted by Gasteiger charge is 2.28. The number of rotatable bonds is 11. The quantitative estimate of drug-likeness (QED) is 0.170. The number of hydrogen-bond donors (Lipinski definition) is 5. The number of benzene rings is 2. The monoisotopic (exact) mass is 537 g/mol. The Balaban J connectivity index is 0.00000281. The molecule has 0 heterocycles. The second-order valence-electron chi connectivity index (χ2n) is 7.96. The van der Waals surface area contributed by atoms with Gasteiger partial charge in [0.05, 0.1) is 25.6 Å². The Morgan fingerprint density at radius 1 is 1.00 bits per heavy atom. The Hall–Kier alpha value is -2.40. The molecule has 10 heteroatoms. The van der Waals surface area contributed by atoms with Gasteiger partial charge in [0.25, 0.3) is 5.91 Å². The molecule has 0 saturated heterocycles. The summed E-state index contributed by atoms with van der Waals surface area (Å²) in [5, 5.41) is 41.3. The molecule has 0 saturated carbocycles. The van der Waals surface area contributed by atoms with Crippen LogP contribution in [0.5, 0.6) is 5.75 Å². The molecule has 0 bridgehead atoms. The fourth-order valence-corrected chi connectivity index (χ4v) is 3.80. The van der Waals surface area contributed by atoms with Crippen LogP contribution in [0.1, 0.15) is 52.6 Å². The second-order valence-corrected chi connectivity index (χ2v) is 7.96. The fourth-order valence-electron chi connectivity index (χ4n) is 3.80. The number of aromatic hydroxyl groups is 1. The highest BCUT2D eigenvalue weighted by Crippen LogP contribution is 2.24. The van der Waals surface area contributed by atoms with Crippen molar-refractivity contribution in [3.63, 3.8) is 0 Å². The predicted molar refractivity (Wildman–Crippen MR) is 137 cm³/mol. The van der Waals surface area contributed by atoms with Gasteiger partial charge in [0.1, 0.15) is 17.9 Å². The van der Waals surface area contributed by atoms with E-state index in [1.54, 1.807) is 12.1 Å². The van der Waals surface area contributed by atoms with Crippen LogP contribution in [0, 0.1) is 0 Å². The lowest BCUT2D eigenvalue weighted by Gasteiger charge is -2.35. The first-order chi connectivity index (χ1) is 16.2. The van der Waals surface area contributed by atoms with Crippen LogP contribution >= 0.6 is 15.9 Å². The van der Waals surface area contributed by atoms with Gasteiger partial charge in [-0.25, -0.2) is 4.79 Å². The van der Waals surface area contributed by atoms with E-state index in [4.69, 9.17) is 5.11 Å². The van der Waals surface area contributed by atoms with Crippen molar-refractivity contribution in [2.24, 2.45) is 0 Å². The first-order valence-corrected chi connectivity index (χ1v) is 12.8. The number of carbonyl (C=O) groups excluding carboxylic acids is 1. The maximum absolute atomic E-state index is 12.7. The van der Waals surface area contributed by atoms with E-state index < -0.39 is 30.7 Å². The Labute approximate surface area is 210 Å². The molecule has 0 aliphatic carbocycles. The average molecular weight is 538 g/mol. The molecule has 1 amide bonds. The van der Waals surface area contributed by atoms with Crippen molar-refractivity contribution in [2.45, 2.75) is 39.7 Å². The molecule has 0 aromatic heterocycles. The zero-order chi connectivity index (χ0) is 25.9. The summed E-state index contributed by atoms with van der Waals surface area (Å²) in [5.41, 5.74) is 1.37. The van der Waals surface area contributed by atoms with Gasteiger partial charge in [-0.15, -0.1) is 0 Å². The Morgan fingerprint density at radius 2 is 1.56 bits per heavy atom. The molecule has 8 nitrogen and oxygen atoms in total. The normalized spacial score (nSPS) is 11.7. The van der Waals surface area contributed by atoms with Crippen molar-refractivity contribution in [1.29, 1.82) is 0 Å². The van der Waals surface area contributed by atoms with Gasteiger partial charge in [0.15, 0.2) is 0 Å². The largest absolute Gasteiger partial charge is 0.507 e. The molecule has 1 atom stereocenters. The minimum absolute atomic E-state index is 0.155. The van der Waals surface area contributed by atoms with E-state index in [2.05, 4.69) is 42.0 Å². The first-order valence-electron chi connectivity index (χ1n) is 11.2. The summed E-state index contributed by atoms with van der Waals surface area (Å²) in [6, 6.07) is 11.4. The predicted octanol–water partition coefficient (Wildman–Crippen LogP) is 2.83. The van der Waals surface area contributed by atoms with Gasteiger partial charge in [-0.2, -0.15) is 0 Å². The number of carbonyl (C=O) groups is 2. The fraction of sp³-hybridized carbons (Fsp3) is 0.417. The number of hydrogen-bond acceptors (Lipinski definition) is 5. The number of nitrogens with zero attached hydrogens (tertiary/aromatic N) is 1. The van der Waals surface area contributed by atoms with Gasteiger partial charge < -0.3 is 30.1 Å². The third-order valence-corrected chi connectivity index (χ3v) is 6.21. The summed E-state index contributed by atoms with van der Waals surface area (Å²) < 4.78 is 0.948. The van der Waals surface area contributed by atoms with Crippen molar-refractivity contribution < 1.29 is 34.3 Å². The number of para-hydroxylation sites is 1. The van der Waals surface area contributed by atoms with E-state index in [1.807, 2.05) is 18.0 Å². The van der Waals surface area contributed by atoms with Crippen LogP contribution < -0.4 is 5.32 Å². The number of carboxylic acids is 1. The molecule has 0 aliphatic heterocycles. The molecule has 0 radical (unpaired) electrons. The Morgan fingerprint density at radius 3 is 2.03 bits per heavy atom. The standard InChI is InChI=1S/C23H31BN2O6.CH3Br/c1-4-26(5-2,6-3)15-16-10-12-17(13-11-16)22(28)25-20(24(31)32)14-18-8-7-9-19(21(18)27)23(29)30;1-2/h7-13,20,31-32H,4-6,14-15H2,1-3H3,(H2-,25,27,28,29,30);1H3/p+1/t20-;/m0./s1. The van der Waals surface area contributed by atoms with E-state index in [0.717, 1.165) is 36.2 Å². The number of carboxylic acid groups (broad SMARTS) is 1. The summed E-state index contributed by atoms with van der Waals surface area (Å²) >= 11 is 2.94. The lowest BCUT2D eigenvalue weighted by molar-refractivity contribution is -0.936. The van der Waals surface area contributed by atoms with E-state index in [9.17, 15) is 24.7 Å². The lowest BCUT2D eigenvalue weighted by atomic mass is 9.75. The maximum Gasteiger partial charge on any atom is 0.475 e. The SMILES string of the molecule is CBr.CC[N+](CC)(CC)Cc1ccc(C(=O)N[C@@H](Cc2cccc(C(=O)O)c2O)B(O)O)cc1. The molecule has 2 aromatic carbocycles. The third-order valence-electron chi connectivity index (χ3n) is 6.21. The first kappa shape index (κ1) is 29.6. The van der Waals surface area contributed by atoms with Gasteiger partial charge in [-0.3, -0.25) is 4.79 Å². The molecule has 0 unspecified atom stereocenters. The van der Waals surface area contributed by atoms with Crippen molar-refractivity contribution in [2.75, 3.05) is 25.5 Å².